The van der Waals surface area contributed by atoms with Gasteiger partial charge in [-0.2, -0.15) is 0 Å². The molecule has 0 aliphatic rings. The van der Waals surface area contributed by atoms with Crippen molar-refractivity contribution in [2.24, 2.45) is 0 Å². The zero-order valence-corrected chi connectivity index (χ0v) is 10.9. The molecule has 2 rings (SSSR count). The second kappa shape index (κ2) is 6.00. The summed E-state index contributed by atoms with van der Waals surface area (Å²) in [5.74, 6) is -2.41. The summed E-state index contributed by atoms with van der Waals surface area (Å²) in [6, 6.07) is 5.88. The Labute approximate surface area is 122 Å². The van der Waals surface area contributed by atoms with Crippen LogP contribution in [-0.4, -0.2) is 22.4 Å². The lowest BCUT2D eigenvalue weighted by molar-refractivity contribution is -0.274. The third-order valence-electron chi connectivity index (χ3n) is 2.66. The summed E-state index contributed by atoms with van der Waals surface area (Å²) in [5, 5.41) is 8.59. The molecule has 0 unspecified atom stereocenters. The molecule has 0 atom stereocenters. The molecular formula is C14H9F4NO3. The van der Waals surface area contributed by atoms with Gasteiger partial charge in [-0.15, -0.1) is 13.2 Å². The molecule has 0 bridgehead atoms. The standard InChI is InChI=1S/C14H9F4NO3/c15-11-5-9(7-19-12(11)6-13(20)21)8-1-3-10(4-2-8)22-14(16,17)18/h1-5,7H,6H2,(H,20,21). The second-order valence-corrected chi connectivity index (χ2v) is 4.30. The van der Waals surface area contributed by atoms with Crippen LogP contribution in [0, 0.1) is 5.82 Å². The van der Waals surface area contributed by atoms with Gasteiger partial charge in [0, 0.05) is 11.8 Å². The van der Waals surface area contributed by atoms with Crippen molar-refractivity contribution < 1.29 is 32.2 Å². The third kappa shape index (κ3) is 4.18. The van der Waals surface area contributed by atoms with Crippen molar-refractivity contribution in [3.8, 4) is 16.9 Å². The van der Waals surface area contributed by atoms with Crippen LogP contribution in [0.2, 0.25) is 0 Å². The van der Waals surface area contributed by atoms with E-state index in [1.54, 1.807) is 0 Å². The lowest BCUT2D eigenvalue weighted by Crippen LogP contribution is -2.16. The molecule has 1 aromatic carbocycles. The van der Waals surface area contributed by atoms with Crippen molar-refractivity contribution in [3.63, 3.8) is 0 Å². The molecule has 4 nitrogen and oxygen atoms in total. The van der Waals surface area contributed by atoms with Crippen molar-refractivity contribution >= 4 is 5.97 Å². The first kappa shape index (κ1) is 15.7. The molecule has 1 aromatic heterocycles. The number of halogens is 4. The van der Waals surface area contributed by atoms with E-state index in [1.165, 1.54) is 18.3 Å². The lowest BCUT2D eigenvalue weighted by Gasteiger charge is -2.09. The summed E-state index contributed by atoms with van der Waals surface area (Å²) in [6.45, 7) is 0. The van der Waals surface area contributed by atoms with Crippen molar-refractivity contribution in [2.45, 2.75) is 12.8 Å². The lowest BCUT2D eigenvalue weighted by atomic mass is 10.1. The van der Waals surface area contributed by atoms with Gasteiger partial charge in [0.2, 0.25) is 0 Å². The number of pyridine rings is 1. The van der Waals surface area contributed by atoms with Gasteiger partial charge in [-0.05, 0) is 23.8 Å². The number of rotatable bonds is 4. The molecule has 0 saturated heterocycles. The summed E-state index contributed by atoms with van der Waals surface area (Å²) in [4.78, 5) is 14.2. The van der Waals surface area contributed by atoms with Crippen LogP contribution in [0.3, 0.4) is 0 Å². The molecule has 116 valence electrons. The van der Waals surface area contributed by atoms with Gasteiger partial charge in [0.15, 0.2) is 0 Å². The first-order valence-corrected chi connectivity index (χ1v) is 5.97. The van der Waals surface area contributed by atoms with Gasteiger partial charge in [0.1, 0.15) is 11.6 Å². The maximum absolute atomic E-state index is 13.7. The highest BCUT2D eigenvalue weighted by Crippen LogP contribution is 2.26. The van der Waals surface area contributed by atoms with Gasteiger partial charge in [-0.1, -0.05) is 12.1 Å². The third-order valence-corrected chi connectivity index (χ3v) is 2.66. The molecule has 0 amide bonds. The predicted octanol–water partition coefficient (Wildman–Crippen LogP) is 3.41. The Balaban J connectivity index is 2.21. The number of benzene rings is 1. The van der Waals surface area contributed by atoms with Crippen LogP contribution < -0.4 is 4.74 Å². The summed E-state index contributed by atoms with van der Waals surface area (Å²) < 4.78 is 53.5. The van der Waals surface area contributed by atoms with Crippen molar-refractivity contribution in [2.75, 3.05) is 0 Å². The fourth-order valence-corrected chi connectivity index (χ4v) is 1.75. The molecule has 0 radical (unpaired) electrons. The first-order valence-electron chi connectivity index (χ1n) is 5.97. The molecule has 0 aliphatic carbocycles. The molecule has 1 heterocycles. The molecule has 8 heteroatoms. The van der Waals surface area contributed by atoms with Crippen molar-refractivity contribution in [1.82, 2.24) is 4.98 Å². The number of hydrogen-bond acceptors (Lipinski definition) is 3. The van der Waals surface area contributed by atoms with Crippen molar-refractivity contribution in [1.29, 1.82) is 0 Å². The van der Waals surface area contributed by atoms with E-state index in [4.69, 9.17) is 5.11 Å². The molecular weight excluding hydrogens is 306 g/mol. The number of carboxylic acids is 1. The number of nitrogens with zero attached hydrogens (tertiary/aromatic N) is 1. The van der Waals surface area contributed by atoms with E-state index in [2.05, 4.69) is 9.72 Å². The average Bonchev–Trinajstić information content (AvgIpc) is 2.40. The first-order chi connectivity index (χ1) is 10.2. The Bertz CT molecular complexity index is 683. The Hall–Kier alpha value is -2.64. The zero-order chi connectivity index (χ0) is 16.3. The minimum absolute atomic E-state index is 0.215. The smallest absolute Gasteiger partial charge is 0.481 e. The zero-order valence-electron chi connectivity index (χ0n) is 10.9. The minimum Gasteiger partial charge on any atom is -0.481 e. The minimum atomic E-state index is -4.78. The highest BCUT2D eigenvalue weighted by Gasteiger charge is 2.30. The van der Waals surface area contributed by atoms with Crippen LogP contribution in [0.25, 0.3) is 11.1 Å². The number of carbonyl (C=O) groups is 1. The van der Waals surface area contributed by atoms with Crippen LogP contribution in [0.5, 0.6) is 5.75 Å². The Morgan fingerprint density at radius 3 is 2.32 bits per heavy atom. The Morgan fingerprint density at radius 2 is 1.82 bits per heavy atom. The fourth-order valence-electron chi connectivity index (χ4n) is 1.75. The largest absolute Gasteiger partial charge is 0.573 e. The summed E-state index contributed by atoms with van der Waals surface area (Å²) in [7, 11) is 0. The van der Waals surface area contributed by atoms with Crippen LogP contribution in [0.1, 0.15) is 5.69 Å². The molecule has 22 heavy (non-hydrogen) atoms. The fraction of sp³-hybridized carbons (Fsp3) is 0.143. The number of ether oxygens (including phenoxy) is 1. The number of alkyl halides is 3. The van der Waals surface area contributed by atoms with E-state index in [-0.39, 0.29) is 5.69 Å². The monoisotopic (exact) mass is 315 g/mol. The predicted molar refractivity (Wildman–Crippen MR) is 67.7 cm³/mol. The van der Waals surface area contributed by atoms with Crippen LogP contribution in [0.4, 0.5) is 17.6 Å². The van der Waals surface area contributed by atoms with E-state index in [9.17, 15) is 22.4 Å². The molecule has 0 spiro atoms. The number of carboxylic acid groups (broad SMARTS) is 1. The van der Waals surface area contributed by atoms with E-state index >= 15 is 0 Å². The van der Waals surface area contributed by atoms with Crippen LogP contribution in [0.15, 0.2) is 36.5 Å². The maximum Gasteiger partial charge on any atom is 0.573 e. The van der Waals surface area contributed by atoms with Gasteiger partial charge in [-0.25, -0.2) is 4.39 Å². The van der Waals surface area contributed by atoms with E-state index in [0.717, 1.165) is 18.2 Å². The summed E-state index contributed by atoms with van der Waals surface area (Å²) in [5.41, 5.74) is 0.515. The summed E-state index contributed by atoms with van der Waals surface area (Å²) >= 11 is 0. The van der Waals surface area contributed by atoms with Crippen LogP contribution in [-0.2, 0) is 11.2 Å². The van der Waals surface area contributed by atoms with Gasteiger partial charge in [-0.3, -0.25) is 9.78 Å². The van der Waals surface area contributed by atoms with E-state index < -0.39 is 30.3 Å². The SMILES string of the molecule is O=C(O)Cc1ncc(-c2ccc(OC(F)(F)F)cc2)cc1F. The number of aromatic nitrogens is 1. The molecule has 0 fully saturated rings. The number of hydrogen-bond donors (Lipinski definition) is 1. The Morgan fingerprint density at radius 1 is 1.18 bits per heavy atom. The Kier molecular flexibility index (Phi) is 4.30. The van der Waals surface area contributed by atoms with Crippen molar-refractivity contribution in [3.05, 3.63) is 48.0 Å². The van der Waals surface area contributed by atoms with E-state index in [1.807, 2.05) is 0 Å². The average molecular weight is 315 g/mol. The van der Waals surface area contributed by atoms with Crippen LogP contribution >= 0.6 is 0 Å². The van der Waals surface area contributed by atoms with Gasteiger partial charge in [0.25, 0.3) is 0 Å². The highest BCUT2D eigenvalue weighted by atomic mass is 19.4. The highest BCUT2D eigenvalue weighted by molar-refractivity contribution is 5.70. The maximum atomic E-state index is 13.7. The van der Waals surface area contributed by atoms with Gasteiger partial charge >= 0.3 is 12.3 Å². The number of aliphatic carboxylic acids is 1. The normalized spacial score (nSPS) is 11.3. The van der Waals surface area contributed by atoms with Gasteiger partial charge < -0.3 is 9.84 Å². The molecule has 0 saturated carbocycles. The molecule has 2 aromatic rings. The van der Waals surface area contributed by atoms with E-state index in [0.29, 0.717) is 11.1 Å². The topological polar surface area (TPSA) is 59.4 Å². The molecule has 0 aliphatic heterocycles. The quantitative estimate of drug-likeness (QED) is 0.878. The second-order valence-electron chi connectivity index (χ2n) is 4.30. The summed E-state index contributed by atoms with van der Waals surface area (Å²) in [6.07, 6.45) is -4.08. The van der Waals surface area contributed by atoms with Gasteiger partial charge in [0.05, 0.1) is 12.1 Å². The molecule has 1 N–H and O–H groups in total.